The molecule has 0 aromatic heterocycles. The Bertz CT molecular complexity index is 694. The van der Waals surface area contributed by atoms with Crippen molar-refractivity contribution in [2.75, 3.05) is 13.1 Å². The predicted molar refractivity (Wildman–Crippen MR) is 94.5 cm³/mol. The topological polar surface area (TPSA) is 38.3 Å². The van der Waals surface area contributed by atoms with Crippen molar-refractivity contribution in [3.8, 4) is 0 Å². The lowest BCUT2D eigenvalue weighted by Gasteiger charge is -2.37. The number of hydrogen-bond donors (Lipinski definition) is 1. The molecule has 0 spiro atoms. The molecule has 4 heteroatoms. The Morgan fingerprint density at radius 3 is 2.48 bits per heavy atom. The Balaban J connectivity index is 1.91. The van der Waals surface area contributed by atoms with Crippen molar-refractivity contribution in [1.82, 2.24) is 5.32 Å². The number of esters is 1. The minimum Gasteiger partial charge on any atom is -0.450 e. The molecule has 3 rings (SSSR count). The van der Waals surface area contributed by atoms with Crippen molar-refractivity contribution in [3.63, 3.8) is 0 Å². The van der Waals surface area contributed by atoms with E-state index in [4.69, 9.17) is 4.74 Å². The minimum atomic E-state index is -0.548. The lowest BCUT2D eigenvalue weighted by Crippen LogP contribution is -2.43. The van der Waals surface area contributed by atoms with Crippen LogP contribution >= 0.6 is 15.9 Å². The molecular formula is C19H20BrNO2. The van der Waals surface area contributed by atoms with Gasteiger partial charge in [-0.1, -0.05) is 36.4 Å². The van der Waals surface area contributed by atoms with E-state index >= 15 is 0 Å². The Hall–Kier alpha value is -1.65. The number of carbonyl (C=O) groups is 1. The molecule has 0 amide bonds. The summed E-state index contributed by atoms with van der Waals surface area (Å²) in [5, 5.41) is 3.34. The molecule has 1 aliphatic heterocycles. The number of aryl methyl sites for hydroxylation is 1. The van der Waals surface area contributed by atoms with Crippen LogP contribution in [0.15, 0.2) is 53.0 Å². The molecule has 23 heavy (non-hydrogen) atoms. The molecule has 1 aliphatic rings. The van der Waals surface area contributed by atoms with E-state index in [-0.39, 0.29) is 5.97 Å². The second kappa shape index (κ2) is 6.85. The fourth-order valence-electron chi connectivity index (χ4n) is 3.04. The molecule has 1 fully saturated rings. The standard InChI is InChI=1S/C19H20BrNO2/c1-14-7-8-16(17(20)13-14)18(22)23-19(9-11-21-12-10-19)15-5-3-2-4-6-15/h2-8,13,21H,9-12H2,1H3. The van der Waals surface area contributed by atoms with Crippen LogP contribution in [0.25, 0.3) is 0 Å². The number of rotatable bonds is 3. The molecule has 1 heterocycles. The highest BCUT2D eigenvalue weighted by Crippen LogP contribution is 2.36. The van der Waals surface area contributed by atoms with E-state index in [0.29, 0.717) is 5.56 Å². The Morgan fingerprint density at radius 2 is 1.83 bits per heavy atom. The summed E-state index contributed by atoms with van der Waals surface area (Å²) in [7, 11) is 0. The summed E-state index contributed by atoms with van der Waals surface area (Å²) in [6.45, 7) is 3.69. The van der Waals surface area contributed by atoms with Crippen LogP contribution in [0.4, 0.5) is 0 Å². The number of benzene rings is 2. The van der Waals surface area contributed by atoms with Gasteiger partial charge in [0.1, 0.15) is 5.60 Å². The number of ether oxygens (including phenoxy) is 1. The van der Waals surface area contributed by atoms with Gasteiger partial charge in [0.25, 0.3) is 0 Å². The van der Waals surface area contributed by atoms with Gasteiger partial charge in [-0.15, -0.1) is 0 Å². The Kier molecular flexibility index (Phi) is 4.83. The minimum absolute atomic E-state index is 0.275. The molecule has 0 atom stereocenters. The second-order valence-electron chi connectivity index (χ2n) is 5.98. The molecule has 1 saturated heterocycles. The first-order valence-electron chi connectivity index (χ1n) is 7.86. The Morgan fingerprint density at radius 1 is 1.13 bits per heavy atom. The predicted octanol–water partition coefficient (Wildman–Crippen LogP) is 4.19. The maximum absolute atomic E-state index is 12.8. The molecule has 0 aliphatic carbocycles. The third-order valence-corrected chi connectivity index (χ3v) is 5.00. The van der Waals surface area contributed by atoms with Crippen molar-refractivity contribution in [3.05, 3.63) is 69.7 Å². The quantitative estimate of drug-likeness (QED) is 0.819. The van der Waals surface area contributed by atoms with Gasteiger partial charge in [0, 0.05) is 17.3 Å². The SMILES string of the molecule is Cc1ccc(C(=O)OC2(c3ccccc3)CCNCC2)c(Br)c1. The molecule has 0 unspecified atom stereocenters. The molecule has 0 radical (unpaired) electrons. The van der Waals surface area contributed by atoms with Crippen LogP contribution < -0.4 is 5.32 Å². The van der Waals surface area contributed by atoms with Gasteiger partial charge in [-0.3, -0.25) is 0 Å². The summed E-state index contributed by atoms with van der Waals surface area (Å²) >= 11 is 3.47. The summed E-state index contributed by atoms with van der Waals surface area (Å²) in [5.41, 5.74) is 2.20. The number of hydrogen-bond acceptors (Lipinski definition) is 3. The largest absolute Gasteiger partial charge is 0.450 e. The summed E-state index contributed by atoms with van der Waals surface area (Å²) < 4.78 is 6.84. The van der Waals surface area contributed by atoms with Gasteiger partial charge in [-0.2, -0.15) is 0 Å². The van der Waals surface area contributed by atoms with E-state index in [1.54, 1.807) is 0 Å². The zero-order valence-corrected chi connectivity index (χ0v) is 14.7. The molecule has 0 saturated carbocycles. The molecule has 2 aromatic rings. The molecule has 3 nitrogen and oxygen atoms in total. The van der Waals surface area contributed by atoms with Gasteiger partial charge in [-0.05, 0) is 59.2 Å². The third-order valence-electron chi connectivity index (χ3n) is 4.34. The first-order chi connectivity index (χ1) is 11.1. The zero-order chi connectivity index (χ0) is 16.3. The lowest BCUT2D eigenvalue weighted by molar-refractivity contribution is -0.0379. The van der Waals surface area contributed by atoms with Crippen LogP contribution in [0.1, 0.15) is 34.3 Å². The normalized spacial score (nSPS) is 16.8. The van der Waals surface area contributed by atoms with Gasteiger partial charge >= 0.3 is 5.97 Å². The number of nitrogens with one attached hydrogen (secondary N) is 1. The van der Waals surface area contributed by atoms with Gasteiger partial charge in [0.05, 0.1) is 5.56 Å². The Labute approximate surface area is 145 Å². The number of carbonyl (C=O) groups excluding carboxylic acids is 1. The molecule has 1 N–H and O–H groups in total. The second-order valence-corrected chi connectivity index (χ2v) is 6.84. The monoisotopic (exact) mass is 373 g/mol. The molecule has 120 valence electrons. The van der Waals surface area contributed by atoms with Gasteiger partial charge in [0.2, 0.25) is 0 Å². The van der Waals surface area contributed by atoms with Crippen molar-refractivity contribution < 1.29 is 9.53 Å². The van der Waals surface area contributed by atoms with Crippen LogP contribution in [-0.4, -0.2) is 19.1 Å². The van der Waals surface area contributed by atoms with Crippen LogP contribution in [0.3, 0.4) is 0 Å². The zero-order valence-electron chi connectivity index (χ0n) is 13.1. The average Bonchev–Trinajstić information content (AvgIpc) is 2.56. The maximum Gasteiger partial charge on any atom is 0.340 e. The summed E-state index contributed by atoms with van der Waals surface area (Å²) in [6, 6.07) is 15.8. The van der Waals surface area contributed by atoms with E-state index in [0.717, 1.165) is 41.5 Å². The molecular weight excluding hydrogens is 354 g/mol. The lowest BCUT2D eigenvalue weighted by atomic mass is 9.84. The van der Waals surface area contributed by atoms with E-state index in [1.165, 1.54) is 0 Å². The van der Waals surface area contributed by atoms with Crippen LogP contribution in [0, 0.1) is 6.92 Å². The van der Waals surface area contributed by atoms with E-state index < -0.39 is 5.60 Å². The van der Waals surface area contributed by atoms with Crippen LogP contribution in [-0.2, 0) is 10.3 Å². The molecule has 0 bridgehead atoms. The number of piperidine rings is 1. The molecule has 2 aromatic carbocycles. The maximum atomic E-state index is 12.8. The summed E-state index contributed by atoms with van der Waals surface area (Å²) in [4.78, 5) is 12.8. The smallest absolute Gasteiger partial charge is 0.340 e. The fourth-order valence-corrected chi connectivity index (χ4v) is 3.70. The highest BCUT2D eigenvalue weighted by Gasteiger charge is 2.38. The van der Waals surface area contributed by atoms with Crippen LogP contribution in [0.5, 0.6) is 0 Å². The average molecular weight is 374 g/mol. The number of halogens is 1. The fraction of sp³-hybridized carbons (Fsp3) is 0.316. The first-order valence-corrected chi connectivity index (χ1v) is 8.66. The van der Waals surface area contributed by atoms with Crippen molar-refractivity contribution in [2.24, 2.45) is 0 Å². The third kappa shape index (κ3) is 3.48. The summed E-state index contributed by atoms with van der Waals surface area (Å²) in [5.74, 6) is -0.275. The van der Waals surface area contributed by atoms with Gasteiger partial charge in [0.15, 0.2) is 0 Å². The highest BCUT2D eigenvalue weighted by molar-refractivity contribution is 9.10. The van der Waals surface area contributed by atoms with Crippen molar-refractivity contribution in [1.29, 1.82) is 0 Å². The summed E-state index contributed by atoms with van der Waals surface area (Å²) in [6.07, 6.45) is 1.57. The van der Waals surface area contributed by atoms with Crippen molar-refractivity contribution in [2.45, 2.75) is 25.4 Å². The van der Waals surface area contributed by atoms with Gasteiger partial charge < -0.3 is 10.1 Å². The highest BCUT2D eigenvalue weighted by atomic mass is 79.9. The van der Waals surface area contributed by atoms with E-state index in [2.05, 4.69) is 21.2 Å². The first kappa shape index (κ1) is 16.2. The van der Waals surface area contributed by atoms with Crippen LogP contribution in [0.2, 0.25) is 0 Å². The van der Waals surface area contributed by atoms with Gasteiger partial charge in [-0.25, -0.2) is 4.79 Å². The van der Waals surface area contributed by atoms with E-state index in [1.807, 2.05) is 55.5 Å². The van der Waals surface area contributed by atoms with Crippen molar-refractivity contribution >= 4 is 21.9 Å². The van der Waals surface area contributed by atoms with E-state index in [9.17, 15) is 4.79 Å².